The third-order valence-electron chi connectivity index (χ3n) is 4.09. The van der Waals surface area contributed by atoms with Crippen molar-refractivity contribution in [3.8, 4) is 11.5 Å². The van der Waals surface area contributed by atoms with Crippen molar-refractivity contribution < 1.29 is 23.9 Å². The van der Waals surface area contributed by atoms with Crippen LogP contribution in [-0.4, -0.2) is 36.3 Å². The summed E-state index contributed by atoms with van der Waals surface area (Å²) < 4.78 is 10.4. The van der Waals surface area contributed by atoms with E-state index in [1.807, 2.05) is 32.0 Å². The second-order valence-electron chi connectivity index (χ2n) is 5.80. The van der Waals surface area contributed by atoms with Crippen LogP contribution in [0.2, 0.25) is 0 Å². The first kappa shape index (κ1) is 16.7. The van der Waals surface area contributed by atoms with Gasteiger partial charge in [0, 0.05) is 0 Å². The molecule has 1 aliphatic heterocycles. The highest BCUT2D eigenvalue weighted by atomic mass is 16.5. The number of esters is 1. The first-order chi connectivity index (χ1) is 11.9. The zero-order valence-corrected chi connectivity index (χ0v) is 14.2. The Morgan fingerprint density at radius 1 is 1.00 bits per heavy atom. The van der Waals surface area contributed by atoms with E-state index in [1.165, 1.54) is 19.2 Å². The van der Waals surface area contributed by atoms with E-state index in [4.69, 9.17) is 4.74 Å². The normalized spacial score (nSPS) is 13.0. The number of carbonyl (C=O) groups is 3. The van der Waals surface area contributed by atoms with E-state index >= 15 is 0 Å². The van der Waals surface area contributed by atoms with Crippen LogP contribution in [0.3, 0.4) is 0 Å². The van der Waals surface area contributed by atoms with Crippen molar-refractivity contribution in [1.29, 1.82) is 0 Å². The van der Waals surface area contributed by atoms with Gasteiger partial charge in [-0.3, -0.25) is 19.3 Å². The summed E-state index contributed by atoms with van der Waals surface area (Å²) in [5.41, 5.74) is 2.41. The lowest BCUT2D eigenvalue weighted by molar-refractivity contribution is -0.140. The fourth-order valence-electron chi connectivity index (χ4n) is 2.75. The molecule has 0 saturated heterocycles. The van der Waals surface area contributed by atoms with Crippen molar-refractivity contribution in [3.63, 3.8) is 0 Å². The molecule has 1 aliphatic rings. The SMILES string of the molecule is COC(=O)CN1C(=O)c2ccc(Oc3c(C)cccc3C)cc2C1=O. The summed E-state index contributed by atoms with van der Waals surface area (Å²) in [5, 5.41) is 0. The van der Waals surface area contributed by atoms with Crippen molar-refractivity contribution in [3.05, 3.63) is 58.7 Å². The summed E-state index contributed by atoms with van der Waals surface area (Å²) in [7, 11) is 1.21. The Balaban J connectivity index is 1.91. The quantitative estimate of drug-likeness (QED) is 0.633. The van der Waals surface area contributed by atoms with Crippen LogP contribution in [0.25, 0.3) is 0 Å². The minimum Gasteiger partial charge on any atom is -0.468 e. The molecule has 6 heteroatoms. The predicted molar refractivity (Wildman–Crippen MR) is 89.8 cm³/mol. The lowest BCUT2D eigenvalue weighted by Gasteiger charge is -2.12. The molecule has 1 heterocycles. The number of ether oxygens (including phenoxy) is 2. The first-order valence-corrected chi connectivity index (χ1v) is 7.73. The number of rotatable bonds is 4. The van der Waals surface area contributed by atoms with Gasteiger partial charge in [-0.15, -0.1) is 0 Å². The third kappa shape index (κ3) is 2.98. The van der Waals surface area contributed by atoms with Gasteiger partial charge in [0.25, 0.3) is 11.8 Å². The fourth-order valence-corrected chi connectivity index (χ4v) is 2.75. The van der Waals surface area contributed by atoms with E-state index in [9.17, 15) is 14.4 Å². The number of amides is 2. The van der Waals surface area contributed by atoms with Crippen molar-refractivity contribution >= 4 is 17.8 Å². The second-order valence-corrected chi connectivity index (χ2v) is 5.80. The van der Waals surface area contributed by atoms with Gasteiger partial charge in [0.05, 0.1) is 18.2 Å². The van der Waals surface area contributed by atoms with Gasteiger partial charge in [-0.05, 0) is 43.2 Å². The molecular formula is C19H17NO5. The number of hydrogen-bond acceptors (Lipinski definition) is 5. The number of para-hydroxylation sites is 1. The van der Waals surface area contributed by atoms with E-state index in [0.29, 0.717) is 11.5 Å². The van der Waals surface area contributed by atoms with E-state index in [2.05, 4.69) is 4.74 Å². The summed E-state index contributed by atoms with van der Waals surface area (Å²) in [6, 6.07) is 10.5. The highest BCUT2D eigenvalue weighted by Crippen LogP contribution is 2.32. The molecule has 25 heavy (non-hydrogen) atoms. The Kier molecular flexibility index (Phi) is 4.27. The molecule has 0 aliphatic carbocycles. The van der Waals surface area contributed by atoms with Gasteiger partial charge in [-0.25, -0.2) is 0 Å². The van der Waals surface area contributed by atoms with Crippen LogP contribution in [0.15, 0.2) is 36.4 Å². The van der Waals surface area contributed by atoms with E-state index in [1.54, 1.807) is 6.07 Å². The van der Waals surface area contributed by atoms with Crippen molar-refractivity contribution in [2.75, 3.05) is 13.7 Å². The maximum Gasteiger partial charge on any atom is 0.325 e. The Morgan fingerprint density at radius 3 is 2.28 bits per heavy atom. The van der Waals surface area contributed by atoms with Crippen LogP contribution in [0.5, 0.6) is 11.5 Å². The number of imide groups is 1. The molecule has 128 valence electrons. The number of benzene rings is 2. The topological polar surface area (TPSA) is 72.9 Å². The molecular weight excluding hydrogens is 322 g/mol. The number of hydrogen-bond donors (Lipinski definition) is 0. The minimum absolute atomic E-state index is 0.220. The Morgan fingerprint density at radius 2 is 1.64 bits per heavy atom. The number of aryl methyl sites for hydroxylation is 2. The summed E-state index contributed by atoms with van der Waals surface area (Å²) in [6.07, 6.45) is 0. The molecule has 3 rings (SSSR count). The average Bonchev–Trinajstić information content (AvgIpc) is 2.83. The Labute approximate surface area is 145 Å². The molecule has 2 aromatic rings. The van der Waals surface area contributed by atoms with Crippen molar-refractivity contribution in [1.82, 2.24) is 4.90 Å². The smallest absolute Gasteiger partial charge is 0.325 e. The monoisotopic (exact) mass is 339 g/mol. The van der Waals surface area contributed by atoms with Gasteiger partial charge < -0.3 is 9.47 Å². The van der Waals surface area contributed by atoms with Gasteiger partial charge in [0.15, 0.2) is 0 Å². The van der Waals surface area contributed by atoms with Crippen LogP contribution in [-0.2, 0) is 9.53 Å². The summed E-state index contributed by atoms with van der Waals surface area (Å²) in [4.78, 5) is 37.0. The summed E-state index contributed by atoms with van der Waals surface area (Å²) >= 11 is 0. The Bertz CT molecular complexity index is 867. The van der Waals surface area contributed by atoms with Crippen LogP contribution in [0.1, 0.15) is 31.8 Å². The van der Waals surface area contributed by atoms with Gasteiger partial charge in [-0.1, -0.05) is 18.2 Å². The van der Waals surface area contributed by atoms with E-state index < -0.39 is 24.3 Å². The van der Waals surface area contributed by atoms with Gasteiger partial charge in [-0.2, -0.15) is 0 Å². The molecule has 2 amide bonds. The van der Waals surface area contributed by atoms with E-state index in [-0.39, 0.29) is 11.1 Å². The summed E-state index contributed by atoms with van der Waals surface area (Å²) in [6.45, 7) is 3.46. The molecule has 0 N–H and O–H groups in total. The Hall–Kier alpha value is -3.15. The number of nitrogens with zero attached hydrogens (tertiary/aromatic N) is 1. The van der Waals surface area contributed by atoms with Gasteiger partial charge in [0.2, 0.25) is 0 Å². The predicted octanol–water partition coefficient (Wildman–Crippen LogP) is 2.86. The maximum absolute atomic E-state index is 12.4. The summed E-state index contributed by atoms with van der Waals surface area (Å²) in [5.74, 6) is -0.522. The lowest BCUT2D eigenvalue weighted by Crippen LogP contribution is -2.35. The largest absolute Gasteiger partial charge is 0.468 e. The molecule has 0 radical (unpaired) electrons. The molecule has 2 aromatic carbocycles. The molecule has 0 unspecified atom stereocenters. The molecule has 6 nitrogen and oxygen atoms in total. The van der Waals surface area contributed by atoms with E-state index in [0.717, 1.165) is 16.0 Å². The van der Waals surface area contributed by atoms with Crippen molar-refractivity contribution in [2.45, 2.75) is 13.8 Å². The van der Waals surface area contributed by atoms with Crippen LogP contribution in [0, 0.1) is 13.8 Å². The second kappa shape index (κ2) is 6.39. The van der Waals surface area contributed by atoms with Gasteiger partial charge in [0.1, 0.15) is 18.0 Å². The third-order valence-corrected chi connectivity index (χ3v) is 4.09. The standard InChI is InChI=1S/C19H17NO5/c1-11-5-4-6-12(2)17(11)25-13-7-8-14-15(9-13)19(23)20(18(14)22)10-16(21)24-3/h4-9H,10H2,1-3H3. The first-order valence-electron chi connectivity index (χ1n) is 7.73. The highest BCUT2D eigenvalue weighted by Gasteiger charge is 2.37. The molecule has 0 saturated carbocycles. The molecule has 0 atom stereocenters. The molecule has 0 fully saturated rings. The lowest BCUT2D eigenvalue weighted by atomic mass is 10.1. The van der Waals surface area contributed by atoms with Crippen LogP contribution >= 0.6 is 0 Å². The zero-order chi connectivity index (χ0) is 18.1. The van der Waals surface area contributed by atoms with Crippen molar-refractivity contribution in [2.24, 2.45) is 0 Å². The minimum atomic E-state index is -0.651. The number of fused-ring (bicyclic) bond motifs is 1. The molecule has 0 bridgehead atoms. The fraction of sp³-hybridized carbons (Fsp3) is 0.211. The molecule has 0 spiro atoms. The number of methoxy groups -OCH3 is 1. The van der Waals surface area contributed by atoms with Crippen LogP contribution in [0.4, 0.5) is 0 Å². The maximum atomic E-state index is 12.4. The molecule has 0 aromatic heterocycles. The number of carbonyl (C=O) groups excluding carboxylic acids is 3. The van der Waals surface area contributed by atoms with Gasteiger partial charge >= 0.3 is 5.97 Å². The zero-order valence-electron chi connectivity index (χ0n) is 14.2. The average molecular weight is 339 g/mol. The van der Waals surface area contributed by atoms with Crippen LogP contribution < -0.4 is 4.74 Å². The highest BCUT2D eigenvalue weighted by molar-refractivity contribution is 6.22.